The number of allylic oxidation sites excluding steroid dienone is 3. The van der Waals surface area contributed by atoms with Crippen LogP contribution in [0, 0.1) is 0 Å². The summed E-state index contributed by atoms with van der Waals surface area (Å²) in [5.74, 6) is 0. The predicted octanol–water partition coefficient (Wildman–Crippen LogP) is 0.882. The third-order valence-corrected chi connectivity index (χ3v) is 1.14. The standard InChI is InChI=1S/C6H7N3.ClH/c7-5-1-3-6(9-8)4-2-5;/h1-3H,4,7H2;1H. The zero-order valence-electron chi connectivity index (χ0n) is 5.32. The minimum atomic E-state index is 0. The normalized spacial score (nSPS) is 15.2. The summed E-state index contributed by atoms with van der Waals surface area (Å²) in [7, 11) is 0. The van der Waals surface area contributed by atoms with Gasteiger partial charge in [0.15, 0.2) is 0 Å². The Kier molecular flexibility index (Phi) is 3.47. The number of rotatable bonds is 0. The van der Waals surface area contributed by atoms with E-state index in [1.54, 1.807) is 18.2 Å². The first-order valence-electron chi connectivity index (χ1n) is 2.67. The fourth-order valence-electron chi connectivity index (χ4n) is 0.625. The molecule has 0 aromatic heterocycles. The Bertz CT molecular complexity index is 223. The van der Waals surface area contributed by atoms with E-state index < -0.39 is 0 Å². The van der Waals surface area contributed by atoms with Gasteiger partial charge < -0.3 is 11.3 Å². The van der Waals surface area contributed by atoms with E-state index in [4.69, 9.17) is 11.3 Å². The van der Waals surface area contributed by atoms with E-state index >= 15 is 0 Å². The fourth-order valence-corrected chi connectivity index (χ4v) is 0.625. The third-order valence-electron chi connectivity index (χ3n) is 1.14. The van der Waals surface area contributed by atoms with Gasteiger partial charge in [-0.1, -0.05) is 0 Å². The predicted molar refractivity (Wildman–Crippen MR) is 41.9 cm³/mol. The summed E-state index contributed by atoms with van der Waals surface area (Å²) in [6.07, 6.45) is 5.82. The van der Waals surface area contributed by atoms with E-state index in [-0.39, 0.29) is 12.4 Å². The van der Waals surface area contributed by atoms with Crippen LogP contribution in [0.5, 0.6) is 0 Å². The maximum absolute atomic E-state index is 8.24. The molecule has 54 valence electrons. The topological polar surface area (TPSA) is 62.4 Å². The molecule has 0 unspecified atom stereocenters. The van der Waals surface area contributed by atoms with Crippen molar-refractivity contribution in [2.45, 2.75) is 6.42 Å². The molecule has 0 aromatic rings. The van der Waals surface area contributed by atoms with Gasteiger partial charge in [-0.05, 0) is 12.2 Å². The first-order chi connectivity index (χ1) is 4.33. The van der Waals surface area contributed by atoms with Gasteiger partial charge in [-0.15, -0.1) is 12.4 Å². The van der Waals surface area contributed by atoms with E-state index in [0.29, 0.717) is 12.1 Å². The summed E-state index contributed by atoms with van der Waals surface area (Å²) >= 11 is 0. The second-order valence-electron chi connectivity index (χ2n) is 1.83. The molecule has 0 fully saturated rings. The summed E-state index contributed by atoms with van der Waals surface area (Å²) in [4.78, 5) is 3.01. The van der Waals surface area contributed by atoms with Gasteiger partial charge in [0.25, 0.3) is 5.71 Å². The van der Waals surface area contributed by atoms with E-state index in [0.717, 1.165) is 5.70 Å². The van der Waals surface area contributed by atoms with Crippen molar-refractivity contribution in [2.75, 3.05) is 0 Å². The highest BCUT2D eigenvalue weighted by Crippen LogP contribution is 2.00. The first-order valence-corrected chi connectivity index (χ1v) is 2.67. The molecule has 10 heavy (non-hydrogen) atoms. The maximum atomic E-state index is 8.24. The molecule has 0 saturated heterocycles. The molecule has 4 heteroatoms. The molecule has 0 aromatic carbocycles. The van der Waals surface area contributed by atoms with E-state index in [1.165, 1.54) is 0 Å². The van der Waals surface area contributed by atoms with Crippen LogP contribution in [0.3, 0.4) is 0 Å². The van der Waals surface area contributed by atoms with Crippen molar-refractivity contribution in [3.63, 3.8) is 0 Å². The molecule has 1 aliphatic carbocycles. The third kappa shape index (κ3) is 2.05. The van der Waals surface area contributed by atoms with Crippen molar-refractivity contribution in [3.8, 4) is 0 Å². The van der Waals surface area contributed by atoms with Crippen molar-refractivity contribution >= 4 is 18.1 Å². The highest BCUT2D eigenvalue weighted by Gasteiger charge is 2.04. The SMILES string of the molecule is Cl.[N-]=[N+]=C1C=CC(N)=CC1. The van der Waals surface area contributed by atoms with Crippen molar-refractivity contribution in [1.29, 1.82) is 0 Å². The number of nitrogens with two attached hydrogens (primary N) is 1. The molecular formula is C6H8ClN3. The molecule has 1 rings (SSSR count). The lowest BCUT2D eigenvalue weighted by atomic mass is 10.1. The monoisotopic (exact) mass is 157 g/mol. The Morgan fingerprint density at radius 3 is 2.60 bits per heavy atom. The van der Waals surface area contributed by atoms with Gasteiger partial charge in [0.2, 0.25) is 0 Å². The van der Waals surface area contributed by atoms with Crippen molar-refractivity contribution in [3.05, 3.63) is 29.5 Å². The molecule has 0 atom stereocenters. The average Bonchev–Trinajstić information content (AvgIpc) is 1.90. The van der Waals surface area contributed by atoms with Crippen LogP contribution in [0.15, 0.2) is 23.9 Å². The summed E-state index contributed by atoms with van der Waals surface area (Å²) in [6, 6.07) is 0. The summed E-state index contributed by atoms with van der Waals surface area (Å²) in [5, 5.41) is 0. The van der Waals surface area contributed by atoms with Gasteiger partial charge in [0.1, 0.15) is 0 Å². The molecule has 0 aliphatic heterocycles. The molecule has 0 spiro atoms. The Morgan fingerprint density at radius 1 is 1.50 bits per heavy atom. The van der Waals surface area contributed by atoms with Crippen molar-refractivity contribution < 1.29 is 4.79 Å². The Balaban J connectivity index is 0.000000810. The minimum Gasteiger partial charge on any atom is -0.399 e. The second-order valence-corrected chi connectivity index (χ2v) is 1.83. The van der Waals surface area contributed by atoms with E-state index in [1.807, 2.05) is 0 Å². The number of nitrogens with zero attached hydrogens (tertiary/aromatic N) is 2. The highest BCUT2D eigenvalue weighted by atomic mass is 35.5. The van der Waals surface area contributed by atoms with Crippen LogP contribution >= 0.6 is 12.4 Å². The molecule has 0 amide bonds. The Labute approximate surface area is 65.3 Å². The van der Waals surface area contributed by atoms with Crippen LogP contribution in [-0.2, 0) is 0 Å². The molecule has 0 radical (unpaired) electrons. The van der Waals surface area contributed by atoms with Crippen LogP contribution in [0.2, 0.25) is 0 Å². The quantitative estimate of drug-likeness (QED) is 0.412. The molecule has 0 saturated carbocycles. The second kappa shape index (κ2) is 3.88. The van der Waals surface area contributed by atoms with Gasteiger partial charge in [0.05, 0.1) is 6.42 Å². The van der Waals surface area contributed by atoms with Crippen LogP contribution in [0.4, 0.5) is 0 Å². The van der Waals surface area contributed by atoms with Gasteiger partial charge in [0, 0.05) is 11.8 Å². The lowest BCUT2D eigenvalue weighted by Gasteiger charge is -1.94. The van der Waals surface area contributed by atoms with Crippen LogP contribution in [0.25, 0.3) is 5.53 Å². The number of halogens is 1. The summed E-state index contributed by atoms with van der Waals surface area (Å²) < 4.78 is 0. The molecule has 0 bridgehead atoms. The lowest BCUT2D eigenvalue weighted by Crippen LogP contribution is -2.03. The first kappa shape index (κ1) is 8.95. The van der Waals surface area contributed by atoms with Crippen molar-refractivity contribution in [1.82, 2.24) is 0 Å². The summed E-state index contributed by atoms with van der Waals surface area (Å²) in [5.41, 5.74) is 15.0. The van der Waals surface area contributed by atoms with E-state index in [2.05, 4.69) is 4.79 Å². The smallest absolute Gasteiger partial charge is 0.295 e. The van der Waals surface area contributed by atoms with Gasteiger partial charge in [-0.3, -0.25) is 0 Å². The molecule has 2 N–H and O–H groups in total. The Morgan fingerprint density at radius 2 is 2.20 bits per heavy atom. The molecular weight excluding hydrogens is 150 g/mol. The van der Waals surface area contributed by atoms with Gasteiger partial charge >= 0.3 is 0 Å². The van der Waals surface area contributed by atoms with Crippen molar-refractivity contribution in [2.24, 2.45) is 5.73 Å². The van der Waals surface area contributed by atoms with E-state index in [9.17, 15) is 0 Å². The number of hydrogen-bond donors (Lipinski definition) is 1. The van der Waals surface area contributed by atoms with Crippen LogP contribution in [0.1, 0.15) is 6.42 Å². The molecule has 3 nitrogen and oxygen atoms in total. The highest BCUT2D eigenvalue weighted by molar-refractivity contribution is 5.92. The van der Waals surface area contributed by atoms with Crippen LogP contribution < -0.4 is 5.73 Å². The maximum Gasteiger partial charge on any atom is 0.295 e. The zero-order chi connectivity index (χ0) is 6.69. The van der Waals surface area contributed by atoms with Gasteiger partial charge in [-0.25, -0.2) is 0 Å². The number of hydrogen-bond acceptors (Lipinski definition) is 1. The minimum absolute atomic E-state index is 0. The molecule has 0 heterocycles. The molecule has 1 aliphatic rings. The largest absolute Gasteiger partial charge is 0.399 e. The fraction of sp³-hybridized carbons (Fsp3) is 0.167. The van der Waals surface area contributed by atoms with Crippen LogP contribution in [-0.4, -0.2) is 10.5 Å². The average molecular weight is 158 g/mol. The summed E-state index contributed by atoms with van der Waals surface area (Å²) in [6.45, 7) is 0. The van der Waals surface area contributed by atoms with Gasteiger partial charge in [-0.2, -0.15) is 4.79 Å². The Hall–Kier alpha value is -1.05. The lowest BCUT2D eigenvalue weighted by molar-refractivity contribution is -0.00541. The zero-order valence-corrected chi connectivity index (χ0v) is 6.14.